The Balaban J connectivity index is 2.81. The molecule has 0 aromatic heterocycles. The van der Waals surface area contributed by atoms with Crippen molar-refractivity contribution in [3.63, 3.8) is 0 Å². The Kier molecular flexibility index (Phi) is 6.53. The number of rotatable bonds is 7. The first-order chi connectivity index (χ1) is 9.40. The van der Waals surface area contributed by atoms with E-state index < -0.39 is 10.0 Å². The summed E-state index contributed by atoms with van der Waals surface area (Å²) in [7, 11) is -1.73. The molecule has 20 heavy (non-hydrogen) atoms. The van der Waals surface area contributed by atoms with Crippen LogP contribution in [0.1, 0.15) is 24.5 Å². The second-order valence-corrected chi connectivity index (χ2v) is 7.73. The monoisotopic (exact) mass is 312 g/mol. The van der Waals surface area contributed by atoms with E-state index in [-0.39, 0.29) is 11.8 Å². The van der Waals surface area contributed by atoms with Crippen molar-refractivity contribution in [1.29, 1.82) is 5.26 Å². The zero-order valence-electron chi connectivity index (χ0n) is 12.0. The Hall–Kier alpha value is -1.03. The van der Waals surface area contributed by atoms with Gasteiger partial charge in [0.1, 0.15) is 0 Å². The third-order valence-corrected chi connectivity index (χ3v) is 5.78. The molecule has 110 valence electrons. The summed E-state index contributed by atoms with van der Waals surface area (Å²) in [6.07, 6.45) is 2.84. The van der Waals surface area contributed by atoms with Crippen LogP contribution >= 0.6 is 11.8 Å². The van der Waals surface area contributed by atoms with E-state index in [4.69, 9.17) is 5.26 Å². The van der Waals surface area contributed by atoms with Crippen LogP contribution in [0.5, 0.6) is 0 Å². The summed E-state index contributed by atoms with van der Waals surface area (Å²) in [5, 5.41) is 8.84. The van der Waals surface area contributed by atoms with Crippen molar-refractivity contribution in [3.8, 4) is 6.07 Å². The molecule has 0 saturated heterocycles. The molecular formula is C14H20N2O2S2. The molecule has 0 amide bonds. The number of thioether (sulfide) groups is 1. The number of hydrogen-bond acceptors (Lipinski definition) is 4. The van der Waals surface area contributed by atoms with Gasteiger partial charge in [0, 0.05) is 13.1 Å². The van der Waals surface area contributed by atoms with Gasteiger partial charge < -0.3 is 0 Å². The summed E-state index contributed by atoms with van der Waals surface area (Å²) in [5.41, 5.74) is 1.13. The highest BCUT2D eigenvalue weighted by Gasteiger charge is 2.23. The summed E-state index contributed by atoms with van der Waals surface area (Å²) in [6.45, 7) is 1.92. The molecule has 0 N–H and O–H groups in total. The molecule has 1 rings (SSSR count). The number of hydrogen-bond donors (Lipinski definition) is 0. The molecule has 1 aromatic carbocycles. The van der Waals surface area contributed by atoms with Crippen LogP contribution in [0.3, 0.4) is 0 Å². The van der Waals surface area contributed by atoms with Crippen molar-refractivity contribution in [3.05, 3.63) is 35.4 Å². The lowest BCUT2D eigenvalue weighted by molar-refractivity contribution is 0.382. The maximum absolute atomic E-state index is 12.3. The van der Waals surface area contributed by atoms with E-state index in [2.05, 4.69) is 0 Å². The molecule has 0 saturated carbocycles. The second-order valence-electron chi connectivity index (χ2n) is 4.72. The van der Waals surface area contributed by atoms with E-state index in [9.17, 15) is 8.42 Å². The first-order valence-electron chi connectivity index (χ1n) is 6.34. The molecule has 0 fully saturated rings. The normalized spacial score (nSPS) is 13.2. The standard InChI is InChI=1S/C14H20N2O2S2/c1-12(7-8-19-3)16(2)20(17,18)11-14-6-4-5-13(9-14)10-15/h4-6,9,12H,7-8,11H2,1-3H3/t12-/m0/s1. The summed E-state index contributed by atoms with van der Waals surface area (Å²) < 4.78 is 26.1. The summed E-state index contributed by atoms with van der Waals surface area (Å²) in [5.74, 6) is 0.869. The largest absolute Gasteiger partial charge is 0.218 e. The summed E-state index contributed by atoms with van der Waals surface area (Å²) in [4.78, 5) is 0. The predicted octanol–water partition coefficient (Wildman–Crippen LogP) is 2.46. The Labute approximate surface area is 125 Å². The maximum Gasteiger partial charge on any atom is 0.218 e. The fourth-order valence-electron chi connectivity index (χ4n) is 1.79. The van der Waals surface area contributed by atoms with Crippen LogP contribution < -0.4 is 0 Å². The van der Waals surface area contributed by atoms with Crippen LogP contribution in [-0.2, 0) is 15.8 Å². The van der Waals surface area contributed by atoms with Crippen molar-refractivity contribution in [2.45, 2.75) is 25.1 Å². The molecule has 0 aliphatic heterocycles. The molecule has 0 aliphatic rings. The Morgan fingerprint density at radius 1 is 1.45 bits per heavy atom. The van der Waals surface area contributed by atoms with Gasteiger partial charge in [-0.1, -0.05) is 12.1 Å². The van der Waals surface area contributed by atoms with E-state index in [1.165, 1.54) is 4.31 Å². The van der Waals surface area contributed by atoms with Crippen molar-refractivity contribution in [1.82, 2.24) is 4.31 Å². The van der Waals surface area contributed by atoms with Crippen molar-refractivity contribution >= 4 is 21.8 Å². The van der Waals surface area contributed by atoms with E-state index in [0.29, 0.717) is 11.1 Å². The molecule has 0 heterocycles. The zero-order valence-corrected chi connectivity index (χ0v) is 13.7. The summed E-state index contributed by atoms with van der Waals surface area (Å²) >= 11 is 1.71. The highest BCUT2D eigenvalue weighted by atomic mass is 32.2. The third-order valence-electron chi connectivity index (χ3n) is 3.20. The van der Waals surface area contributed by atoms with E-state index in [1.807, 2.05) is 19.2 Å². The van der Waals surface area contributed by atoms with Crippen molar-refractivity contribution in [2.24, 2.45) is 0 Å². The number of nitrogens with zero attached hydrogens (tertiary/aromatic N) is 2. The van der Waals surface area contributed by atoms with Gasteiger partial charge in [-0.05, 0) is 43.0 Å². The Bertz CT molecular complexity index is 579. The summed E-state index contributed by atoms with van der Waals surface area (Å²) in [6, 6.07) is 8.73. The van der Waals surface area contributed by atoms with Crippen LogP contribution in [0, 0.1) is 11.3 Å². The number of sulfonamides is 1. The van der Waals surface area contributed by atoms with Crippen LogP contribution in [0.15, 0.2) is 24.3 Å². The molecular weight excluding hydrogens is 292 g/mol. The minimum absolute atomic E-state index is 0.0217. The number of nitriles is 1. The number of benzene rings is 1. The van der Waals surface area contributed by atoms with E-state index in [1.54, 1.807) is 43.1 Å². The van der Waals surface area contributed by atoms with Crippen LogP contribution in [0.2, 0.25) is 0 Å². The van der Waals surface area contributed by atoms with Gasteiger partial charge in [0.15, 0.2) is 0 Å². The van der Waals surface area contributed by atoms with Gasteiger partial charge in [0.25, 0.3) is 0 Å². The fraction of sp³-hybridized carbons (Fsp3) is 0.500. The van der Waals surface area contributed by atoms with Gasteiger partial charge in [0.2, 0.25) is 10.0 Å². The maximum atomic E-state index is 12.3. The molecule has 0 radical (unpaired) electrons. The van der Waals surface area contributed by atoms with Crippen LogP contribution in [0.25, 0.3) is 0 Å². The van der Waals surface area contributed by atoms with Gasteiger partial charge in [-0.15, -0.1) is 0 Å². The average Bonchev–Trinajstić information content (AvgIpc) is 2.43. The van der Waals surface area contributed by atoms with Crippen LogP contribution in [0.4, 0.5) is 0 Å². The molecule has 0 spiro atoms. The highest BCUT2D eigenvalue weighted by Crippen LogP contribution is 2.15. The topological polar surface area (TPSA) is 61.2 Å². The fourth-order valence-corrected chi connectivity index (χ4v) is 3.82. The lowest BCUT2D eigenvalue weighted by Gasteiger charge is -2.24. The van der Waals surface area contributed by atoms with Crippen molar-refractivity contribution < 1.29 is 8.42 Å². The van der Waals surface area contributed by atoms with Crippen molar-refractivity contribution in [2.75, 3.05) is 19.1 Å². The minimum Gasteiger partial charge on any atom is -0.212 e. The lowest BCUT2D eigenvalue weighted by atomic mass is 10.2. The highest BCUT2D eigenvalue weighted by molar-refractivity contribution is 7.98. The smallest absolute Gasteiger partial charge is 0.212 e. The molecule has 0 unspecified atom stereocenters. The Morgan fingerprint density at radius 2 is 2.15 bits per heavy atom. The third kappa shape index (κ3) is 4.82. The minimum atomic E-state index is -3.35. The van der Waals surface area contributed by atoms with Gasteiger partial charge in [-0.25, -0.2) is 12.7 Å². The van der Waals surface area contributed by atoms with E-state index in [0.717, 1.165) is 12.2 Å². The predicted molar refractivity (Wildman–Crippen MR) is 84.0 cm³/mol. The average molecular weight is 312 g/mol. The molecule has 6 heteroatoms. The first-order valence-corrected chi connectivity index (χ1v) is 9.34. The van der Waals surface area contributed by atoms with Gasteiger partial charge >= 0.3 is 0 Å². The van der Waals surface area contributed by atoms with Gasteiger partial charge in [-0.2, -0.15) is 17.0 Å². The Morgan fingerprint density at radius 3 is 2.75 bits per heavy atom. The molecule has 1 atom stereocenters. The lowest BCUT2D eigenvalue weighted by Crippen LogP contribution is -2.36. The van der Waals surface area contributed by atoms with Gasteiger partial charge in [0.05, 0.1) is 17.4 Å². The quantitative estimate of drug-likeness (QED) is 0.776. The zero-order chi connectivity index (χ0) is 15.2. The van der Waals surface area contributed by atoms with E-state index >= 15 is 0 Å². The van der Waals surface area contributed by atoms with Gasteiger partial charge in [-0.3, -0.25) is 0 Å². The molecule has 4 nitrogen and oxygen atoms in total. The molecule has 0 bridgehead atoms. The SMILES string of the molecule is CSCC[C@H](C)N(C)S(=O)(=O)Cc1cccc(C#N)c1. The molecule has 1 aromatic rings. The second kappa shape index (κ2) is 7.67. The molecule has 0 aliphatic carbocycles. The van der Waals surface area contributed by atoms with Crippen LogP contribution in [-0.4, -0.2) is 37.8 Å². The first kappa shape index (κ1) is 17.0.